The van der Waals surface area contributed by atoms with Gasteiger partial charge in [0.2, 0.25) is 0 Å². The molecule has 0 unspecified atom stereocenters. The highest BCUT2D eigenvalue weighted by molar-refractivity contribution is 5.90. The van der Waals surface area contributed by atoms with Crippen LogP contribution in [0.4, 0.5) is 8.78 Å². The molecule has 20 heavy (non-hydrogen) atoms. The average Bonchev–Trinajstić information content (AvgIpc) is 2.35. The summed E-state index contributed by atoms with van der Waals surface area (Å²) in [6.07, 6.45) is 0. The zero-order chi connectivity index (χ0) is 15.4. The largest absolute Gasteiger partial charge is 0.363 e. The summed E-state index contributed by atoms with van der Waals surface area (Å²) < 4.78 is 27.5. The van der Waals surface area contributed by atoms with Crippen molar-refractivity contribution in [1.82, 2.24) is 5.06 Å². The number of benzene rings is 1. The van der Waals surface area contributed by atoms with Crippen LogP contribution >= 0.6 is 0 Å². The first-order valence-corrected chi connectivity index (χ1v) is 6.18. The second kappa shape index (κ2) is 6.44. The lowest BCUT2D eigenvalue weighted by molar-refractivity contribution is -0.151. The minimum atomic E-state index is -1.20. The van der Waals surface area contributed by atoms with E-state index in [2.05, 4.69) is 0 Å². The molecule has 4 nitrogen and oxygen atoms in total. The number of rotatable bonds is 4. The first-order chi connectivity index (χ1) is 9.29. The smallest absolute Gasteiger partial charge is 0.363 e. The molecule has 0 aliphatic carbocycles. The Kier molecular flexibility index (Phi) is 5.17. The summed E-state index contributed by atoms with van der Waals surface area (Å²) in [5, 5.41) is 10.0. The first kappa shape index (κ1) is 16.1. The van der Waals surface area contributed by atoms with Crippen LogP contribution < -0.4 is 0 Å². The van der Waals surface area contributed by atoms with E-state index in [1.54, 1.807) is 33.8 Å². The molecule has 0 amide bonds. The second-order valence-corrected chi connectivity index (χ2v) is 4.82. The van der Waals surface area contributed by atoms with Crippen LogP contribution in [-0.4, -0.2) is 23.1 Å². The zero-order valence-electron chi connectivity index (χ0n) is 11.8. The summed E-state index contributed by atoms with van der Waals surface area (Å²) >= 11 is 0. The fraction of sp³-hybridized carbons (Fsp3) is 0.429. The minimum absolute atomic E-state index is 0.149. The summed E-state index contributed by atoms with van der Waals surface area (Å²) in [6.45, 7) is 7.13. The molecular formula is C14H16F2N2O2. The van der Waals surface area contributed by atoms with E-state index in [-0.39, 0.29) is 12.1 Å². The molecule has 0 bridgehead atoms. The molecule has 0 aliphatic heterocycles. The maximum Gasteiger partial charge on any atom is 0.363 e. The monoisotopic (exact) mass is 282 g/mol. The number of carbonyl (C=O) groups excluding carboxylic acids is 1. The molecule has 0 atom stereocenters. The normalized spacial score (nSPS) is 11.0. The third-order valence-electron chi connectivity index (χ3n) is 2.62. The summed E-state index contributed by atoms with van der Waals surface area (Å²) in [6, 6.07) is 3.10. The molecule has 0 saturated carbocycles. The predicted octanol–water partition coefficient (Wildman–Crippen LogP) is 3.03. The highest BCUT2D eigenvalue weighted by atomic mass is 19.1. The van der Waals surface area contributed by atoms with E-state index in [0.29, 0.717) is 0 Å². The van der Waals surface area contributed by atoms with Gasteiger partial charge in [0.15, 0.2) is 5.82 Å². The summed E-state index contributed by atoms with van der Waals surface area (Å²) in [7, 11) is 0. The van der Waals surface area contributed by atoms with Crippen molar-refractivity contribution in [3.63, 3.8) is 0 Å². The molecule has 6 heteroatoms. The van der Waals surface area contributed by atoms with Gasteiger partial charge in [-0.2, -0.15) is 5.26 Å². The number of nitriles is 1. The highest BCUT2D eigenvalue weighted by Crippen LogP contribution is 2.19. The van der Waals surface area contributed by atoms with Gasteiger partial charge < -0.3 is 4.84 Å². The van der Waals surface area contributed by atoms with Gasteiger partial charge in [-0.25, -0.2) is 13.6 Å². The third-order valence-corrected chi connectivity index (χ3v) is 2.62. The van der Waals surface area contributed by atoms with E-state index >= 15 is 0 Å². The number of halogens is 2. The van der Waals surface area contributed by atoms with Crippen molar-refractivity contribution in [2.75, 3.05) is 0 Å². The minimum Gasteiger partial charge on any atom is -0.363 e. The lowest BCUT2D eigenvalue weighted by Gasteiger charge is -2.28. The van der Waals surface area contributed by atoms with Gasteiger partial charge in [-0.05, 0) is 39.8 Å². The first-order valence-electron chi connectivity index (χ1n) is 6.18. The number of hydrogen-bond acceptors (Lipinski definition) is 4. The van der Waals surface area contributed by atoms with Crippen LogP contribution in [0.3, 0.4) is 0 Å². The van der Waals surface area contributed by atoms with Crippen LogP contribution in [0, 0.1) is 23.0 Å². The molecule has 1 aromatic carbocycles. The van der Waals surface area contributed by atoms with Gasteiger partial charge >= 0.3 is 5.97 Å². The van der Waals surface area contributed by atoms with Crippen LogP contribution in [0.25, 0.3) is 0 Å². The number of hydrogen-bond donors (Lipinski definition) is 0. The van der Waals surface area contributed by atoms with Gasteiger partial charge in [0.05, 0.1) is 5.56 Å². The van der Waals surface area contributed by atoms with Crippen molar-refractivity contribution in [2.24, 2.45) is 0 Å². The Balaban J connectivity index is 3.13. The van der Waals surface area contributed by atoms with E-state index in [0.717, 1.165) is 12.1 Å². The lowest BCUT2D eigenvalue weighted by atomic mass is 10.1. The molecule has 0 aromatic heterocycles. The van der Waals surface area contributed by atoms with Crippen molar-refractivity contribution in [3.8, 4) is 6.07 Å². The van der Waals surface area contributed by atoms with E-state index < -0.39 is 28.7 Å². The van der Waals surface area contributed by atoms with Gasteiger partial charge in [-0.15, -0.1) is 5.06 Å². The third kappa shape index (κ3) is 3.31. The topological polar surface area (TPSA) is 53.3 Å². The van der Waals surface area contributed by atoms with E-state index in [4.69, 9.17) is 10.1 Å². The van der Waals surface area contributed by atoms with Gasteiger partial charge in [-0.1, -0.05) is 0 Å². The maximum atomic E-state index is 13.9. The Bertz CT molecular complexity index is 543. The SMILES string of the molecule is CC(C)N(OC(=O)c1c(F)ccc(C#N)c1F)C(C)C. The average molecular weight is 282 g/mol. The van der Waals surface area contributed by atoms with E-state index in [1.165, 1.54) is 5.06 Å². The highest BCUT2D eigenvalue weighted by Gasteiger charge is 2.26. The van der Waals surface area contributed by atoms with Crippen LogP contribution in [0.5, 0.6) is 0 Å². The van der Waals surface area contributed by atoms with Gasteiger partial charge in [0, 0.05) is 12.1 Å². The molecule has 0 spiro atoms. The van der Waals surface area contributed by atoms with Gasteiger partial charge in [0.1, 0.15) is 17.4 Å². The number of carbonyl (C=O) groups is 1. The molecule has 1 rings (SSSR count). The van der Waals surface area contributed by atoms with E-state index in [1.807, 2.05) is 0 Å². The van der Waals surface area contributed by atoms with Crippen molar-refractivity contribution in [2.45, 2.75) is 39.8 Å². The molecule has 0 N–H and O–H groups in total. The van der Waals surface area contributed by atoms with Crippen LogP contribution in [0.1, 0.15) is 43.6 Å². The van der Waals surface area contributed by atoms with Crippen molar-refractivity contribution >= 4 is 5.97 Å². The summed E-state index contributed by atoms with van der Waals surface area (Å²) in [4.78, 5) is 16.9. The standard InChI is InChI=1S/C14H16F2N2O2/c1-8(2)18(9(3)4)20-14(19)12-11(15)6-5-10(7-17)13(12)16/h5-6,8-9H,1-4H3. The van der Waals surface area contributed by atoms with Crippen molar-refractivity contribution < 1.29 is 18.4 Å². The molecule has 0 saturated heterocycles. The summed E-state index contributed by atoms with van der Waals surface area (Å²) in [5.41, 5.74) is -1.26. The van der Waals surface area contributed by atoms with Gasteiger partial charge in [0.25, 0.3) is 0 Å². The van der Waals surface area contributed by atoms with Crippen LogP contribution in [0.15, 0.2) is 12.1 Å². The molecule has 0 aliphatic rings. The fourth-order valence-electron chi connectivity index (χ4n) is 1.77. The number of hydroxylamine groups is 2. The quantitative estimate of drug-likeness (QED) is 0.796. The van der Waals surface area contributed by atoms with Crippen LogP contribution in [0.2, 0.25) is 0 Å². The fourth-order valence-corrected chi connectivity index (χ4v) is 1.77. The van der Waals surface area contributed by atoms with Crippen molar-refractivity contribution in [1.29, 1.82) is 5.26 Å². The Morgan fingerprint density at radius 3 is 2.25 bits per heavy atom. The maximum absolute atomic E-state index is 13.9. The molecule has 0 fully saturated rings. The zero-order valence-corrected chi connectivity index (χ0v) is 11.8. The lowest BCUT2D eigenvalue weighted by Crippen LogP contribution is -2.39. The Morgan fingerprint density at radius 1 is 1.25 bits per heavy atom. The predicted molar refractivity (Wildman–Crippen MR) is 68.6 cm³/mol. The van der Waals surface area contributed by atoms with Crippen molar-refractivity contribution in [3.05, 3.63) is 34.9 Å². The molecular weight excluding hydrogens is 266 g/mol. The Hall–Kier alpha value is -2.00. The van der Waals surface area contributed by atoms with Crippen LogP contribution in [-0.2, 0) is 4.84 Å². The Morgan fingerprint density at radius 2 is 1.80 bits per heavy atom. The Labute approximate surface area is 116 Å². The number of nitrogens with zero attached hydrogens (tertiary/aromatic N) is 2. The van der Waals surface area contributed by atoms with E-state index in [9.17, 15) is 13.6 Å². The van der Waals surface area contributed by atoms with Gasteiger partial charge in [-0.3, -0.25) is 0 Å². The molecule has 0 radical (unpaired) electrons. The second-order valence-electron chi connectivity index (χ2n) is 4.82. The molecule has 108 valence electrons. The molecule has 1 aromatic rings. The summed E-state index contributed by atoms with van der Waals surface area (Å²) in [5.74, 6) is -3.41. The molecule has 0 heterocycles.